The van der Waals surface area contributed by atoms with Gasteiger partial charge >= 0.3 is 0 Å². The van der Waals surface area contributed by atoms with Gasteiger partial charge in [-0.05, 0) is 109 Å². The summed E-state index contributed by atoms with van der Waals surface area (Å²) in [5, 5.41) is 5.73. The van der Waals surface area contributed by atoms with Crippen molar-refractivity contribution in [2.45, 2.75) is 0 Å². The highest BCUT2D eigenvalue weighted by Gasteiger charge is 2.10. The number of carbonyl (C=O) groups is 2. The molecule has 0 bridgehead atoms. The Hall–Kier alpha value is -7.27. The quantitative estimate of drug-likeness (QED) is 0.1000. The molecule has 2 amide bonds. The number of fused-ring (bicyclic) bond motifs is 2. The standard InChI is InChI=1S/C20H16N4O.C19H15N5O/c21-15-8-11-17-18(12-15)24-19(23-17)13-6-9-16(10-7-13)22-20(25)14-4-2-1-3-5-14;20-14-5-8-16-17(10-14)24-18(23-16)12-3-6-15(7-4-12)22-19(25)13-2-1-9-21-11-13/h1-12H,21H2,(H,22,25)(H,23,24);1-11H,20H2,(H,22,25)(H,23,24). The van der Waals surface area contributed by atoms with Crippen LogP contribution in [-0.2, 0) is 0 Å². The number of nitrogens with one attached hydrogen (secondary N) is 4. The first-order valence-electron chi connectivity index (χ1n) is 15.7. The number of carbonyl (C=O) groups excluding carboxylic acids is 2. The largest absolute Gasteiger partial charge is 0.399 e. The molecular formula is C39H31N9O2. The molecule has 0 aliphatic heterocycles. The van der Waals surface area contributed by atoms with Gasteiger partial charge in [-0.1, -0.05) is 18.2 Å². The van der Waals surface area contributed by atoms with Crippen LogP contribution in [0, 0.1) is 0 Å². The van der Waals surface area contributed by atoms with E-state index in [0.29, 0.717) is 28.2 Å². The molecule has 8 aromatic rings. The Balaban J connectivity index is 0.000000157. The summed E-state index contributed by atoms with van der Waals surface area (Å²) in [6.07, 6.45) is 3.16. The van der Waals surface area contributed by atoms with Gasteiger partial charge in [0.05, 0.1) is 27.6 Å². The number of aromatic nitrogens is 5. The molecule has 11 nitrogen and oxygen atoms in total. The van der Waals surface area contributed by atoms with Gasteiger partial charge in [-0.2, -0.15) is 0 Å². The van der Waals surface area contributed by atoms with Gasteiger partial charge in [-0.15, -0.1) is 0 Å². The number of nitrogen functional groups attached to an aromatic ring is 2. The summed E-state index contributed by atoms with van der Waals surface area (Å²) in [4.78, 5) is 43.9. The smallest absolute Gasteiger partial charge is 0.257 e. The zero-order chi connectivity index (χ0) is 34.5. The number of aromatic amines is 2. The zero-order valence-electron chi connectivity index (χ0n) is 26.6. The number of H-pyrrole nitrogens is 2. The maximum Gasteiger partial charge on any atom is 0.257 e. The first kappa shape index (κ1) is 31.3. The predicted molar refractivity (Wildman–Crippen MR) is 198 cm³/mol. The molecule has 244 valence electrons. The number of rotatable bonds is 6. The molecule has 5 aromatic carbocycles. The Bertz CT molecular complexity index is 2250. The molecule has 0 spiro atoms. The number of imidazole rings is 2. The first-order valence-corrected chi connectivity index (χ1v) is 15.7. The van der Waals surface area contributed by atoms with Crippen molar-refractivity contribution in [3.8, 4) is 22.8 Å². The Kier molecular flexibility index (Phi) is 8.67. The van der Waals surface area contributed by atoms with Gasteiger partial charge in [-0.3, -0.25) is 14.6 Å². The number of anilines is 4. The van der Waals surface area contributed by atoms with Crippen molar-refractivity contribution in [1.29, 1.82) is 0 Å². The van der Waals surface area contributed by atoms with E-state index in [0.717, 1.165) is 50.5 Å². The van der Waals surface area contributed by atoms with Gasteiger partial charge in [0.25, 0.3) is 11.8 Å². The average molecular weight is 658 g/mol. The van der Waals surface area contributed by atoms with E-state index in [2.05, 4.69) is 35.6 Å². The average Bonchev–Trinajstić information content (AvgIpc) is 3.77. The molecule has 50 heavy (non-hydrogen) atoms. The van der Waals surface area contributed by atoms with Gasteiger partial charge in [0.1, 0.15) is 11.6 Å². The summed E-state index contributed by atoms with van der Waals surface area (Å²) in [6.45, 7) is 0. The van der Waals surface area contributed by atoms with Crippen LogP contribution in [0.15, 0.2) is 140 Å². The molecular weight excluding hydrogens is 626 g/mol. The minimum atomic E-state index is -0.194. The number of benzene rings is 5. The molecule has 0 saturated carbocycles. The molecule has 0 radical (unpaired) electrons. The second kappa shape index (κ2) is 13.8. The van der Waals surface area contributed by atoms with E-state index >= 15 is 0 Å². The van der Waals surface area contributed by atoms with Crippen molar-refractivity contribution in [3.05, 3.63) is 151 Å². The van der Waals surface area contributed by atoms with Crippen LogP contribution in [0.1, 0.15) is 20.7 Å². The lowest BCUT2D eigenvalue weighted by Crippen LogP contribution is -2.11. The summed E-state index contributed by atoms with van der Waals surface area (Å²) < 4.78 is 0. The topological polar surface area (TPSA) is 180 Å². The lowest BCUT2D eigenvalue weighted by atomic mass is 10.1. The summed E-state index contributed by atoms with van der Waals surface area (Å²) in [7, 11) is 0. The van der Waals surface area contributed by atoms with Gasteiger partial charge < -0.3 is 32.1 Å². The van der Waals surface area contributed by atoms with E-state index in [4.69, 9.17) is 11.5 Å². The third kappa shape index (κ3) is 7.16. The number of amides is 2. The van der Waals surface area contributed by atoms with E-state index in [-0.39, 0.29) is 11.8 Å². The number of nitrogens with zero attached hydrogens (tertiary/aromatic N) is 3. The van der Waals surface area contributed by atoms with Crippen molar-refractivity contribution in [1.82, 2.24) is 24.9 Å². The summed E-state index contributed by atoms with van der Waals surface area (Å²) >= 11 is 0. The third-order valence-corrected chi connectivity index (χ3v) is 7.80. The van der Waals surface area contributed by atoms with Crippen LogP contribution in [0.3, 0.4) is 0 Å². The van der Waals surface area contributed by atoms with E-state index in [1.165, 1.54) is 6.20 Å². The van der Waals surface area contributed by atoms with Crippen LogP contribution in [0.4, 0.5) is 22.7 Å². The highest BCUT2D eigenvalue weighted by molar-refractivity contribution is 6.05. The molecule has 0 atom stereocenters. The minimum Gasteiger partial charge on any atom is -0.399 e. The van der Waals surface area contributed by atoms with Crippen molar-refractivity contribution in [2.24, 2.45) is 0 Å². The second-order valence-corrected chi connectivity index (χ2v) is 11.4. The highest BCUT2D eigenvalue weighted by atomic mass is 16.2. The molecule has 0 saturated heterocycles. The molecule has 0 aliphatic rings. The van der Waals surface area contributed by atoms with Crippen LogP contribution in [-0.4, -0.2) is 36.7 Å². The van der Waals surface area contributed by atoms with Crippen molar-refractivity contribution >= 4 is 56.6 Å². The maximum atomic E-state index is 12.2. The lowest BCUT2D eigenvalue weighted by molar-refractivity contribution is 0.101. The molecule has 3 heterocycles. The second-order valence-electron chi connectivity index (χ2n) is 11.4. The predicted octanol–water partition coefficient (Wildman–Crippen LogP) is 7.52. The minimum absolute atomic E-state index is 0.132. The van der Waals surface area contributed by atoms with Crippen LogP contribution in [0.25, 0.3) is 44.8 Å². The molecule has 8 N–H and O–H groups in total. The number of nitrogens with two attached hydrogens (primary N) is 2. The van der Waals surface area contributed by atoms with Crippen molar-refractivity contribution in [3.63, 3.8) is 0 Å². The van der Waals surface area contributed by atoms with Gasteiger partial charge in [0, 0.05) is 51.8 Å². The number of pyridine rings is 1. The summed E-state index contributed by atoms with van der Waals surface area (Å²) in [5.41, 5.74) is 20.9. The highest BCUT2D eigenvalue weighted by Crippen LogP contribution is 2.25. The van der Waals surface area contributed by atoms with Crippen LogP contribution in [0.5, 0.6) is 0 Å². The van der Waals surface area contributed by atoms with Crippen molar-refractivity contribution in [2.75, 3.05) is 22.1 Å². The zero-order valence-corrected chi connectivity index (χ0v) is 26.6. The molecule has 8 rings (SSSR count). The van der Waals surface area contributed by atoms with Crippen molar-refractivity contribution < 1.29 is 9.59 Å². The Morgan fingerprint density at radius 3 is 1.50 bits per heavy atom. The molecule has 0 aliphatic carbocycles. The van der Waals surface area contributed by atoms with E-state index < -0.39 is 0 Å². The lowest BCUT2D eigenvalue weighted by Gasteiger charge is -2.05. The maximum absolute atomic E-state index is 12.2. The summed E-state index contributed by atoms with van der Waals surface area (Å²) in [5.74, 6) is 1.19. The fraction of sp³-hybridized carbons (Fsp3) is 0. The number of hydrogen-bond acceptors (Lipinski definition) is 7. The molecule has 0 fully saturated rings. The fourth-order valence-corrected chi connectivity index (χ4v) is 5.24. The molecule has 3 aromatic heterocycles. The van der Waals surface area contributed by atoms with Gasteiger partial charge in [-0.25, -0.2) is 9.97 Å². The Morgan fingerprint density at radius 1 is 0.540 bits per heavy atom. The summed E-state index contributed by atoms with van der Waals surface area (Å²) in [6, 6.07) is 38.7. The molecule has 11 heteroatoms. The fourth-order valence-electron chi connectivity index (χ4n) is 5.24. The van der Waals surface area contributed by atoms with Crippen LogP contribution < -0.4 is 22.1 Å². The Morgan fingerprint density at radius 2 is 1.02 bits per heavy atom. The number of hydrogen-bond donors (Lipinski definition) is 6. The van der Waals surface area contributed by atoms with Gasteiger partial charge in [0.2, 0.25) is 0 Å². The third-order valence-electron chi connectivity index (χ3n) is 7.80. The van der Waals surface area contributed by atoms with Crippen LogP contribution >= 0.6 is 0 Å². The first-order chi connectivity index (χ1) is 24.4. The SMILES string of the molecule is Nc1ccc2nc(-c3ccc(NC(=O)c4ccccc4)cc3)[nH]c2c1.Nc1ccc2nc(-c3ccc(NC(=O)c4cccnc4)cc3)[nH]c2c1. The van der Waals surface area contributed by atoms with Crippen LogP contribution in [0.2, 0.25) is 0 Å². The Labute approximate surface area is 286 Å². The van der Waals surface area contributed by atoms with E-state index in [1.807, 2.05) is 103 Å². The molecule has 0 unspecified atom stereocenters. The normalized spacial score (nSPS) is 10.7. The van der Waals surface area contributed by atoms with E-state index in [9.17, 15) is 9.59 Å². The monoisotopic (exact) mass is 657 g/mol. The van der Waals surface area contributed by atoms with E-state index in [1.54, 1.807) is 30.5 Å². The van der Waals surface area contributed by atoms with Gasteiger partial charge in [0.15, 0.2) is 0 Å².